The minimum absolute atomic E-state index is 0.309. The van der Waals surface area contributed by atoms with Crippen molar-refractivity contribution in [3.63, 3.8) is 0 Å². The van der Waals surface area contributed by atoms with Crippen LogP contribution in [0.15, 0.2) is 48.5 Å². The van der Waals surface area contributed by atoms with E-state index in [9.17, 15) is 9.18 Å². The van der Waals surface area contributed by atoms with E-state index in [2.05, 4.69) is 10.6 Å². The number of nitrogens with one attached hydrogen (secondary N) is 2. The Morgan fingerprint density at radius 3 is 2.56 bits per heavy atom. The van der Waals surface area contributed by atoms with Crippen molar-refractivity contribution in [2.45, 2.75) is 25.2 Å². The molecule has 1 saturated heterocycles. The van der Waals surface area contributed by atoms with Crippen LogP contribution in [-0.4, -0.2) is 35.3 Å². The van der Waals surface area contributed by atoms with E-state index >= 15 is 0 Å². The summed E-state index contributed by atoms with van der Waals surface area (Å²) < 4.78 is 20.8. The fourth-order valence-corrected chi connectivity index (χ4v) is 4.80. The molecule has 8 heteroatoms. The number of anilines is 1. The molecule has 0 aliphatic carbocycles. The van der Waals surface area contributed by atoms with Gasteiger partial charge < -0.3 is 21.1 Å². The van der Waals surface area contributed by atoms with Crippen molar-refractivity contribution in [1.82, 2.24) is 15.1 Å². The van der Waals surface area contributed by atoms with Gasteiger partial charge in [-0.25, -0.2) is 9.07 Å². The van der Waals surface area contributed by atoms with Crippen molar-refractivity contribution in [1.29, 1.82) is 0 Å². The lowest BCUT2D eigenvalue weighted by Crippen LogP contribution is -2.33. The fraction of sp³-hybridized carbons (Fsp3) is 0.333. The molecule has 0 bridgehead atoms. The number of piperidine rings is 1. The van der Waals surface area contributed by atoms with Crippen molar-refractivity contribution < 1.29 is 13.9 Å². The SMILES string of the molecule is NC(=O)c1c2c(nn1-c1ccc(Oc3cccc(F)c3)cc1)C(C1CCNCC1)CCN2. The monoisotopic (exact) mass is 435 g/mol. The molecule has 0 spiro atoms. The van der Waals surface area contributed by atoms with E-state index < -0.39 is 5.91 Å². The minimum atomic E-state index is -0.516. The zero-order valence-corrected chi connectivity index (χ0v) is 17.7. The number of amides is 1. The third-order valence-corrected chi connectivity index (χ3v) is 6.32. The first-order chi connectivity index (χ1) is 15.6. The molecule has 1 unspecified atom stereocenters. The van der Waals surface area contributed by atoms with E-state index in [0.717, 1.165) is 50.3 Å². The first-order valence-corrected chi connectivity index (χ1v) is 11.0. The van der Waals surface area contributed by atoms with Crippen molar-refractivity contribution >= 4 is 11.6 Å². The Balaban J connectivity index is 1.46. The molecule has 1 fully saturated rings. The van der Waals surface area contributed by atoms with E-state index in [1.807, 2.05) is 12.1 Å². The fourth-order valence-electron chi connectivity index (χ4n) is 4.80. The van der Waals surface area contributed by atoms with Crippen molar-refractivity contribution in [3.8, 4) is 17.2 Å². The van der Waals surface area contributed by atoms with Gasteiger partial charge in [-0.3, -0.25) is 4.79 Å². The van der Waals surface area contributed by atoms with E-state index in [4.69, 9.17) is 15.6 Å². The van der Waals surface area contributed by atoms with Gasteiger partial charge in [-0.05, 0) is 74.7 Å². The Labute approximate surface area is 185 Å². The van der Waals surface area contributed by atoms with Gasteiger partial charge in [-0.2, -0.15) is 5.10 Å². The molecule has 4 N–H and O–H groups in total. The number of aromatic nitrogens is 2. The van der Waals surface area contributed by atoms with Crippen LogP contribution in [0.1, 0.15) is 41.4 Å². The Morgan fingerprint density at radius 1 is 1.06 bits per heavy atom. The molecule has 1 amide bonds. The van der Waals surface area contributed by atoms with Crippen LogP contribution < -0.4 is 21.1 Å². The second kappa shape index (κ2) is 8.63. The molecule has 1 atom stereocenters. The summed E-state index contributed by atoms with van der Waals surface area (Å²) in [5.74, 6) is 0.952. The van der Waals surface area contributed by atoms with Gasteiger partial charge >= 0.3 is 0 Å². The zero-order chi connectivity index (χ0) is 22.1. The summed E-state index contributed by atoms with van der Waals surface area (Å²) in [6.07, 6.45) is 3.21. The number of carbonyl (C=O) groups excluding carboxylic acids is 1. The summed E-state index contributed by atoms with van der Waals surface area (Å²) in [4.78, 5) is 12.4. The van der Waals surface area contributed by atoms with Crippen LogP contribution in [0.2, 0.25) is 0 Å². The second-order valence-electron chi connectivity index (χ2n) is 8.35. The van der Waals surface area contributed by atoms with E-state index in [-0.39, 0.29) is 5.82 Å². The van der Waals surface area contributed by atoms with Crippen LogP contribution in [-0.2, 0) is 0 Å². The number of fused-ring (bicyclic) bond motifs is 1. The molecular weight excluding hydrogens is 409 g/mol. The molecule has 1 aromatic heterocycles. The number of benzene rings is 2. The lowest BCUT2D eigenvalue weighted by Gasteiger charge is -2.33. The molecular formula is C24H26FN5O2. The largest absolute Gasteiger partial charge is 0.457 e. The number of hydrogen-bond acceptors (Lipinski definition) is 5. The highest BCUT2D eigenvalue weighted by Crippen LogP contribution is 2.41. The normalized spacial score (nSPS) is 18.6. The first-order valence-electron chi connectivity index (χ1n) is 11.0. The molecule has 2 aromatic carbocycles. The maximum absolute atomic E-state index is 13.4. The Morgan fingerprint density at radius 2 is 1.84 bits per heavy atom. The highest BCUT2D eigenvalue weighted by molar-refractivity contribution is 5.98. The van der Waals surface area contributed by atoms with Crippen LogP contribution in [0.3, 0.4) is 0 Å². The predicted molar refractivity (Wildman–Crippen MR) is 120 cm³/mol. The molecule has 0 radical (unpaired) electrons. The number of halogens is 1. The Hall–Kier alpha value is -3.39. The van der Waals surface area contributed by atoms with E-state index in [1.54, 1.807) is 28.9 Å². The quantitative estimate of drug-likeness (QED) is 0.567. The number of primary amides is 1. The summed E-state index contributed by atoms with van der Waals surface area (Å²) in [6, 6.07) is 13.2. The van der Waals surface area contributed by atoms with Crippen LogP contribution >= 0.6 is 0 Å². The first kappa shape index (κ1) is 20.5. The lowest BCUT2D eigenvalue weighted by molar-refractivity contribution is 0.0993. The summed E-state index contributed by atoms with van der Waals surface area (Å²) in [7, 11) is 0. The van der Waals surface area contributed by atoms with Crippen molar-refractivity contribution in [2.24, 2.45) is 11.7 Å². The molecule has 0 saturated carbocycles. The molecule has 5 rings (SSSR count). The molecule has 3 aromatic rings. The number of nitrogens with two attached hydrogens (primary N) is 1. The van der Waals surface area contributed by atoms with Crippen LogP contribution in [0.25, 0.3) is 5.69 Å². The number of carbonyl (C=O) groups is 1. The lowest BCUT2D eigenvalue weighted by atomic mass is 9.79. The van der Waals surface area contributed by atoms with Gasteiger partial charge in [0, 0.05) is 18.5 Å². The van der Waals surface area contributed by atoms with Crippen LogP contribution in [0, 0.1) is 11.7 Å². The summed E-state index contributed by atoms with van der Waals surface area (Å²) in [6.45, 7) is 2.83. The molecule has 32 heavy (non-hydrogen) atoms. The molecule has 3 heterocycles. The summed E-state index contributed by atoms with van der Waals surface area (Å²) in [5, 5.41) is 11.6. The second-order valence-corrected chi connectivity index (χ2v) is 8.35. The smallest absolute Gasteiger partial charge is 0.269 e. The number of rotatable bonds is 5. The number of ether oxygens (including phenoxy) is 1. The summed E-state index contributed by atoms with van der Waals surface area (Å²) >= 11 is 0. The van der Waals surface area contributed by atoms with Gasteiger partial charge in [0.1, 0.15) is 17.3 Å². The third kappa shape index (κ3) is 3.93. The molecule has 2 aliphatic rings. The highest BCUT2D eigenvalue weighted by atomic mass is 19.1. The summed E-state index contributed by atoms with van der Waals surface area (Å²) in [5.41, 5.74) is 8.55. The number of nitrogens with zero attached hydrogens (tertiary/aromatic N) is 2. The number of hydrogen-bond donors (Lipinski definition) is 3. The van der Waals surface area contributed by atoms with E-state index in [1.165, 1.54) is 12.1 Å². The van der Waals surface area contributed by atoms with Gasteiger partial charge in [-0.15, -0.1) is 0 Å². The van der Waals surface area contributed by atoms with Gasteiger partial charge in [0.15, 0.2) is 5.69 Å². The highest BCUT2D eigenvalue weighted by Gasteiger charge is 2.35. The van der Waals surface area contributed by atoms with Gasteiger partial charge in [-0.1, -0.05) is 6.07 Å². The predicted octanol–water partition coefficient (Wildman–Crippen LogP) is 3.80. The Kier molecular flexibility index (Phi) is 5.53. The average molecular weight is 436 g/mol. The van der Waals surface area contributed by atoms with Gasteiger partial charge in [0.2, 0.25) is 0 Å². The van der Waals surface area contributed by atoms with E-state index in [0.29, 0.717) is 34.7 Å². The van der Waals surface area contributed by atoms with Crippen molar-refractivity contribution in [2.75, 3.05) is 25.0 Å². The van der Waals surface area contributed by atoms with Crippen LogP contribution in [0.5, 0.6) is 11.5 Å². The van der Waals surface area contributed by atoms with Gasteiger partial charge in [0.25, 0.3) is 5.91 Å². The molecule has 7 nitrogen and oxygen atoms in total. The zero-order valence-electron chi connectivity index (χ0n) is 17.7. The minimum Gasteiger partial charge on any atom is -0.457 e. The molecule has 166 valence electrons. The molecule has 2 aliphatic heterocycles. The topological polar surface area (TPSA) is 94.2 Å². The maximum atomic E-state index is 13.4. The van der Waals surface area contributed by atoms with Crippen LogP contribution in [0.4, 0.5) is 10.1 Å². The van der Waals surface area contributed by atoms with Gasteiger partial charge in [0.05, 0.1) is 17.1 Å². The van der Waals surface area contributed by atoms with Crippen molar-refractivity contribution in [3.05, 3.63) is 65.7 Å². The standard InChI is InChI=1S/C24H26FN5O2/c25-16-2-1-3-19(14-16)32-18-6-4-17(5-7-18)30-23(24(26)31)22-21(29-30)20(10-13-28-22)15-8-11-27-12-9-15/h1-7,14-15,20,27-28H,8-13H2,(H2,26,31). The average Bonchev–Trinajstić information content (AvgIpc) is 3.20. The maximum Gasteiger partial charge on any atom is 0.269 e. The Bertz CT molecular complexity index is 1120. The third-order valence-electron chi connectivity index (χ3n) is 6.32.